The van der Waals surface area contributed by atoms with Gasteiger partial charge in [-0.3, -0.25) is 9.69 Å². The average molecular weight is 545 g/mol. The van der Waals surface area contributed by atoms with Gasteiger partial charge in [0.25, 0.3) is 0 Å². The predicted octanol–water partition coefficient (Wildman–Crippen LogP) is 4.46. The standard InChI is InChI=1S/C24H25BrN4O4S/c25-18-11-14(6-8-19(18)28-21(30)12-16-13-34-23(26)27-16)10-17-7-9-20(29(17)24(32)33)22(31)15-4-2-1-3-5-15/h1-6,8,11,13,17,20,22,31H,7,9-10,12H2,(H2,26,27)(H,28,30)(H,32,33)/t17?,20?,22-/m1/s1. The van der Waals surface area contributed by atoms with Crippen LogP contribution in [0.2, 0.25) is 0 Å². The van der Waals surface area contributed by atoms with Crippen LogP contribution < -0.4 is 11.1 Å². The van der Waals surface area contributed by atoms with Crippen LogP contribution in [0, 0.1) is 0 Å². The molecule has 5 N–H and O–H groups in total. The molecule has 0 spiro atoms. The molecular weight excluding hydrogens is 520 g/mol. The highest BCUT2D eigenvalue weighted by Crippen LogP contribution is 2.35. The zero-order chi connectivity index (χ0) is 24.2. The number of likely N-dealkylation sites (tertiary alicyclic amines) is 1. The minimum Gasteiger partial charge on any atom is -0.465 e. The maximum atomic E-state index is 12.3. The highest BCUT2D eigenvalue weighted by atomic mass is 79.9. The molecule has 2 aromatic carbocycles. The van der Waals surface area contributed by atoms with Crippen molar-refractivity contribution >= 4 is 50.1 Å². The fourth-order valence-corrected chi connectivity index (χ4v) is 5.50. The lowest BCUT2D eigenvalue weighted by atomic mass is 10.0. The van der Waals surface area contributed by atoms with Crippen molar-refractivity contribution in [2.75, 3.05) is 11.1 Å². The van der Waals surface area contributed by atoms with Gasteiger partial charge in [0.05, 0.1) is 29.9 Å². The molecule has 0 aliphatic carbocycles. The molecule has 0 bridgehead atoms. The summed E-state index contributed by atoms with van der Waals surface area (Å²) >= 11 is 4.80. The Hall–Kier alpha value is -2.95. The van der Waals surface area contributed by atoms with Gasteiger partial charge in [0.2, 0.25) is 5.91 Å². The van der Waals surface area contributed by atoms with Crippen LogP contribution in [0.5, 0.6) is 0 Å². The van der Waals surface area contributed by atoms with Crippen molar-refractivity contribution < 1.29 is 19.8 Å². The second kappa shape index (κ2) is 10.5. The first kappa shape index (κ1) is 24.2. The Bertz CT molecular complexity index is 1170. The lowest BCUT2D eigenvalue weighted by molar-refractivity contribution is -0.115. The minimum atomic E-state index is -1.03. The molecule has 1 aromatic heterocycles. The molecule has 1 saturated heterocycles. The molecule has 8 nitrogen and oxygen atoms in total. The number of aliphatic hydroxyl groups excluding tert-OH is 1. The number of anilines is 2. The van der Waals surface area contributed by atoms with Crippen molar-refractivity contribution in [3.8, 4) is 0 Å². The molecule has 3 aromatic rings. The highest BCUT2D eigenvalue weighted by molar-refractivity contribution is 9.10. The van der Waals surface area contributed by atoms with E-state index in [1.807, 2.05) is 42.5 Å². The summed E-state index contributed by atoms with van der Waals surface area (Å²) in [6.07, 6.45) is -0.0254. The lowest BCUT2D eigenvalue weighted by Crippen LogP contribution is -2.44. The van der Waals surface area contributed by atoms with E-state index in [-0.39, 0.29) is 18.4 Å². The maximum Gasteiger partial charge on any atom is 0.407 e. The predicted molar refractivity (Wildman–Crippen MR) is 135 cm³/mol. The summed E-state index contributed by atoms with van der Waals surface area (Å²) in [6, 6.07) is 14.0. The molecule has 178 valence electrons. The normalized spacial score (nSPS) is 18.6. The van der Waals surface area contributed by atoms with Crippen molar-refractivity contribution in [3.05, 3.63) is 75.2 Å². The first-order valence-electron chi connectivity index (χ1n) is 10.8. The third-order valence-corrected chi connectivity index (χ3v) is 7.34. The Balaban J connectivity index is 1.42. The molecule has 4 rings (SSSR count). The molecule has 0 saturated carbocycles. The number of nitrogens with zero attached hydrogens (tertiary/aromatic N) is 2. The molecule has 1 fully saturated rings. The third-order valence-electron chi connectivity index (χ3n) is 5.96. The van der Waals surface area contributed by atoms with Crippen LogP contribution in [0.1, 0.15) is 35.8 Å². The number of nitrogens with one attached hydrogen (secondary N) is 1. The topological polar surface area (TPSA) is 129 Å². The van der Waals surface area contributed by atoms with Gasteiger partial charge in [-0.15, -0.1) is 11.3 Å². The number of hydrogen-bond donors (Lipinski definition) is 4. The number of carboxylic acid groups (broad SMARTS) is 1. The molecule has 2 unspecified atom stereocenters. The van der Waals surface area contributed by atoms with Gasteiger partial charge in [-0.1, -0.05) is 36.4 Å². The van der Waals surface area contributed by atoms with E-state index < -0.39 is 18.2 Å². The highest BCUT2D eigenvalue weighted by Gasteiger charge is 2.41. The number of amides is 2. The zero-order valence-corrected chi connectivity index (χ0v) is 20.6. The van der Waals surface area contributed by atoms with E-state index in [0.717, 1.165) is 5.56 Å². The Labute approximate surface area is 209 Å². The summed E-state index contributed by atoms with van der Waals surface area (Å²) in [4.78, 5) is 29.9. The van der Waals surface area contributed by atoms with Crippen LogP contribution in [-0.2, 0) is 17.6 Å². The van der Waals surface area contributed by atoms with Crippen molar-refractivity contribution in [2.45, 2.75) is 43.9 Å². The van der Waals surface area contributed by atoms with E-state index in [1.165, 1.54) is 16.2 Å². The van der Waals surface area contributed by atoms with Gasteiger partial charge in [0.1, 0.15) is 0 Å². The molecule has 34 heavy (non-hydrogen) atoms. The molecule has 2 amide bonds. The van der Waals surface area contributed by atoms with Gasteiger partial charge in [0.15, 0.2) is 5.13 Å². The number of benzene rings is 2. The number of carbonyl (C=O) groups excluding carboxylic acids is 1. The summed E-state index contributed by atoms with van der Waals surface area (Å²) in [5, 5.41) is 25.8. The molecular formula is C24H25BrN4O4S. The van der Waals surface area contributed by atoms with Crippen molar-refractivity contribution in [1.29, 1.82) is 0 Å². The van der Waals surface area contributed by atoms with E-state index in [1.54, 1.807) is 11.4 Å². The van der Waals surface area contributed by atoms with E-state index >= 15 is 0 Å². The van der Waals surface area contributed by atoms with Gasteiger partial charge in [-0.05, 0) is 58.5 Å². The van der Waals surface area contributed by atoms with Crippen LogP contribution in [0.25, 0.3) is 0 Å². The van der Waals surface area contributed by atoms with E-state index in [2.05, 4.69) is 26.2 Å². The first-order chi connectivity index (χ1) is 16.3. The Morgan fingerprint density at radius 2 is 2.00 bits per heavy atom. The van der Waals surface area contributed by atoms with Gasteiger partial charge in [-0.25, -0.2) is 9.78 Å². The minimum absolute atomic E-state index is 0.128. The number of thiazole rings is 1. The molecule has 3 atom stereocenters. The number of aliphatic hydroxyl groups is 1. The lowest BCUT2D eigenvalue weighted by Gasteiger charge is -2.31. The smallest absolute Gasteiger partial charge is 0.407 e. The van der Waals surface area contributed by atoms with Gasteiger partial charge in [0, 0.05) is 15.9 Å². The van der Waals surface area contributed by atoms with Crippen LogP contribution in [0.15, 0.2) is 58.4 Å². The fraction of sp³-hybridized carbons (Fsp3) is 0.292. The molecule has 2 heterocycles. The summed E-state index contributed by atoms with van der Waals surface area (Å²) in [5.74, 6) is -0.204. The van der Waals surface area contributed by atoms with E-state index in [4.69, 9.17) is 5.73 Å². The van der Waals surface area contributed by atoms with Crippen molar-refractivity contribution in [1.82, 2.24) is 9.88 Å². The monoisotopic (exact) mass is 544 g/mol. The first-order valence-corrected chi connectivity index (χ1v) is 12.5. The number of rotatable bonds is 7. The summed E-state index contributed by atoms with van der Waals surface area (Å²) in [5.41, 5.74) is 8.50. The number of nitrogen functional groups attached to an aromatic ring is 1. The second-order valence-corrected chi connectivity index (χ2v) is 10.0. The summed E-state index contributed by atoms with van der Waals surface area (Å²) in [6.45, 7) is 0. The quantitative estimate of drug-likeness (QED) is 0.347. The molecule has 1 aliphatic heterocycles. The summed E-state index contributed by atoms with van der Waals surface area (Å²) in [7, 11) is 0. The number of nitrogens with two attached hydrogens (primary N) is 1. The molecule has 1 aliphatic rings. The van der Waals surface area contributed by atoms with Crippen LogP contribution in [0.4, 0.5) is 15.6 Å². The van der Waals surface area contributed by atoms with Crippen LogP contribution in [-0.4, -0.2) is 44.2 Å². The molecule has 10 heteroatoms. The van der Waals surface area contributed by atoms with E-state index in [9.17, 15) is 19.8 Å². The second-order valence-electron chi connectivity index (χ2n) is 8.26. The van der Waals surface area contributed by atoms with Gasteiger partial charge >= 0.3 is 6.09 Å². The third kappa shape index (κ3) is 5.57. The number of halogens is 1. The van der Waals surface area contributed by atoms with Crippen LogP contribution >= 0.6 is 27.3 Å². The summed E-state index contributed by atoms with van der Waals surface area (Å²) < 4.78 is 0.705. The van der Waals surface area contributed by atoms with Crippen molar-refractivity contribution in [3.63, 3.8) is 0 Å². The maximum absolute atomic E-state index is 12.3. The average Bonchev–Trinajstić information content (AvgIpc) is 3.41. The van der Waals surface area contributed by atoms with E-state index in [0.29, 0.717) is 45.8 Å². The number of carbonyl (C=O) groups is 2. The zero-order valence-electron chi connectivity index (χ0n) is 18.2. The molecule has 0 radical (unpaired) electrons. The number of hydrogen-bond acceptors (Lipinski definition) is 6. The Morgan fingerprint density at radius 3 is 2.65 bits per heavy atom. The Kier molecular flexibility index (Phi) is 7.50. The van der Waals surface area contributed by atoms with Crippen LogP contribution in [0.3, 0.4) is 0 Å². The van der Waals surface area contributed by atoms with Crippen molar-refractivity contribution in [2.24, 2.45) is 0 Å². The Morgan fingerprint density at radius 1 is 1.24 bits per heavy atom. The van der Waals surface area contributed by atoms with Gasteiger partial charge in [-0.2, -0.15) is 0 Å². The van der Waals surface area contributed by atoms with Gasteiger partial charge < -0.3 is 21.3 Å². The SMILES string of the molecule is Nc1nc(CC(=O)Nc2ccc(CC3CCC([C@H](O)c4ccccc4)N3C(=O)O)cc2Br)cs1. The number of aromatic nitrogens is 1. The fourth-order valence-electron chi connectivity index (χ4n) is 4.41. The largest absolute Gasteiger partial charge is 0.465 e.